The second-order valence-corrected chi connectivity index (χ2v) is 4.45. The lowest BCUT2D eigenvalue weighted by molar-refractivity contribution is -0.144. The average Bonchev–Trinajstić information content (AvgIpc) is 2.40. The minimum Gasteiger partial charge on any atom is -0.481 e. The van der Waals surface area contributed by atoms with Gasteiger partial charge in [-0.15, -0.1) is 0 Å². The fourth-order valence-electron chi connectivity index (χ4n) is 2.69. The van der Waals surface area contributed by atoms with E-state index in [1.807, 2.05) is 0 Å². The third kappa shape index (κ3) is 3.20. The second kappa shape index (κ2) is 6.11. The highest BCUT2D eigenvalue weighted by atomic mass is 16.4. The molecule has 1 fully saturated rings. The molecule has 0 saturated carbocycles. The normalized spacial score (nSPS) is 28.7. The van der Waals surface area contributed by atoms with Crippen molar-refractivity contribution in [3.8, 4) is 0 Å². The number of hydrogen-bond acceptors (Lipinski definition) is 2. The number of aliphatic carboxylic acids is 1. The summed E-state index contributed by atoms with van der Waals surface area (Å²) in [6.45, 7) is 6.39. The molecule has 0 amide bonds. The largest absolute Gasteiger partial charge is 0.481 e. The fraction of sp³-hybridized carbons (Fsp3) is 0.917. The summed E-state index contributed by atoms with van der Waals surface area (Å²) >= 11 is 0. The summed E-state index contributed by atoms with van der Waals surface area (Å²) in [5, 5.41) is 9.22. The minimum atomic E-state index is -0.607. The number of carboxylic acids is 1. The van der Waals surface area contributed by atoms with Gasteiger partial charge in [-0.2, -0.15) is 0 Å². The van der Waals surface area contributed by atoms with Crippen LogP contribution < -0.4 is 0 Å². The van der Waals surface area contributed by atoms with Crippen LogP contribution in [-0.2, 0) is 4.79 Å². The molecule has 0 spiro atoms. The van der Waals surface area contributed by atoms with Crippen LogP contribution >= 0.6 is 0 Å². The van der Waals surface area contributed by atoms with E-state index >= 15 is 0 Å². The maximum Gasteiger partial charge on any atom is 0.308 e. The van der Waals surface area contributed by atoms with Gasteiger partial charge >= 0.3 is 5.97 Å². The first-order chi connectivity index (χ1) is 7.20. The van der Waals surface area contributed by atoms with Crippen LogP contribution in [0.25, 0.3) is 0 Å². The van der Waals surface area contributed by atoms with E-state index in [2.05, 4.69) is 18.7 Å². The van der Waals surface area contributed by atoms with Gasteiger partial charge in [0.1, 0.15) is 0 Å². The van der Waals surface area contributed by atoms with E-state index in [1.165, 1.54) is 0 Å². The Morgan fingerprint density at radius 2 is 2.13 bits per heavy atom. The van der Waals surface area contributed by atoms with E-state index in [-0.39, 0.29) is 12.0 Å². The molecule has 88 valence electrons. The Balaban J connectivity index is 2.73. The lowest BCUT2D eigenvalue weighted by atomic mass is 9.93. The molecule has 1 N–H and O–H groups in total. The van der Waals surface area contributed by atoms with E-state index in [4.69, 9.17) is 0 Å². The Morgan fingerprint density at radius 3 is 2.67 bits per heavy atom. The molecule has 0 unspecified atom stereocenters. The molecule has 15 heavy (non-hydrogen) atoms. The second-order valence-electron chi connectivity index (χ2n) is 4.45. The molecule has 1 aliphatic heterocycles. The van der Waals surface area contributed by atoms with E-state index < -0.39 is 5.97 Å². The molecule has 0 aromatic heterocycles. The smallest absolute Gasteiger partial charge is 0.308 e. The standard InChI is InChI=1S/C12H23NO2/c1-3-8-13-9-6-5-7-10(12(14)15)11(13)4-2/h10-11H,3-9H2,1-2H3,(H,14,15)/t10-,11+/m0/s1. The quantitative estimate of drug-likeness (QED) is 0.779. The monoisotopic (exact) mass is 213 g/mol. The highest BCUT2D eigenvalue weighted by molar-refractivity contribution is 5.70. The first kappa shape index (κ1) is 12.5. The molecular weight excluding hydrogens is 190 g/mol. The molecule has 1 saturated heterocycles. The number of hydrogen-bond donors (Lipinski definition) is 1. The zero-order valence-corrected chi connectivity index (χ0v) is 9.91. The van der Waals surface area contributed by atoms with Crippen molar-refractivity contribution < 1.29 is 9.90 Å². The molecule has 0 radical (unpaired) electrons. The highest BCUT2D eigenvalue weighted by Gasteiger charge is 2.32. The van der Waals surface area contributed by atoms with Crippen LogP contribution in [0.5, 0.6) is 0 Å². The minimum absolute atomic E-state index is 0.149. The topological polar surface area (TPSA) is 40.5 Å². The van der Waals surface area contributed by atoms with Crippen LogP contribution in [0, 0.1) is 5.92 Å². The summed E-state index contributed by atoms with van der Waals surface area (Å²) in [5.74, 6) is -0.756. The van der Waals surface area contributed by atoms with Crippen molar-refractivity contribution in [3.63, 3.8) is 0 Å². The summed E-state index contributed by atoms with van der Waals surface area (Å²) in [7, 11) is 0. The number of nitrogens with zero attached hydrogens (tertiary/aromatic N) is 1. The van der Waals surface area contributed by atoms with Crippen LogP contribution in [-0.4, -0.2) is 35.1 Å². The van der Waals surface area contributed by atoms with Gasteiger partial charge in [-0.3, -0.25) is 9.69 Å². The Kier molecular flexibility index (Phi) is 5.09. The van der Waals surface area contributed by atoms with Gasteiger partial charge in [0.2, 0.25) is 0 Å². The maximum atomic E-state index is 11.2. The predicted octanol–water partition coefficient (Wildman–Crippen LogP) is 2.36. The molecule has 0 bridgehead atoms. The van der Waals surface area contributed by atoms with Crippen molar-refractivity contribution in [3.05, 3.63) is 0 Å². The molecule has 0 aromatic rings. The molecule has 1 heterocycles. The lowest BCUT2D eigenvalue weighted by Crippen LogP contribution is -2.42. The van der Waals surface area contributed by atoms with Crippen molar-refractivity contribution in [1.82, 2.24) is 4.90 Å². The molecule has 1 aliphatic rings. The molecule has 0 aromatic carbocycles. The van der Waals surface area contributed by atoms with E-state index in [0.29, 0.717) is 0 Å². The van der Waals surface area contributed by atoms with Gasteiger partial charge in [-0.1, -0.05) is 20.3 Å². The van der Waals surface area contributed by atoms with Gasteiger partial charge < -0.3 is 5.11 Å². The Bertz CT molecular complexity index is 206. The first-order valence-electron chi connectivity index (χ1n) is 6.17. The molecule has 2 atom stereocenters. The van der Waals surface area contributed by atoms with Gasteiger partial charge in [0.05, 0.1) is 5.92 Å². The molecule has 0 aliphatic carbocycles. The zero-order valence-electron chi connectivity index (χ0n) is 9.91. The van der Waals surface area contributed by atoms with Crippen molar-refractivity contribution in [2.75, 3.05) is 13.1 Å². The lowest BCUT2D eigenvalue weighted by Gasteiger charge is -2.32. The summed E-state index contributed by atoms with van der Waals surface area (Å²) in [6.07, 6.45) is 5.14. The SMILES string of the molecule is CCCN1CCCC[C@H](C(=O)O)[C@H]1CC. The average molecular weight is 213 g/mol. The Morgan fingerprint density at radius 1 is 1.40 bits per heavy atom. The van der Waals surface area contributed by atoms with E-state index in [9.17, 15) is 9.90 Å². The van der Waals surface area contributed by atoms with Crippen molar-refractivity contribution in [2.45, 2.75) is 52.0 Å². The van der Waals surface area contributed by atoms with Crippen molar-refractivity contribution >= 4 is 5.97 Å². The number of likely N-dealkylation sites (tertiary alicyclic amines) is 1. The summed E-state index contributed by atoms with van der Waals surface area (Å²) in [6, 6.07) is 0.255. The van der Waals surface area contributed by atoms with Crippen LogP contribution in [0.3, 0.4) is 0 Å². The third-order valence-corrected chi connectivity index (χ3v) is 3.39. The van der Waals surface area contributed by atoms with Crippen molar-refractivity contribution in [2.24, 2.45) is 5.92 Å². The van der Waals surface area contributed by atoms with Gasteiger partial charge in [0.25, 0.3) is 0 Å². The van der Waals surface area contributed by atoms with Gasteiger partial charge in [0, 0.05) is 6.04 Å². The van der Waals surface area contributed by atoms with Crippen LogP contribution in [0.15, 0.2) is 0 Å². The molecular formula is C12H23NO2. The Labute approximate surface area is 92.5 Å². The predicted molar refractivity (Wildman–Crippen MR) is 60.9 cm³/mol. The Hall–Kier alpha value is -0.570. The fourth-order valence-corrected chi connectivity index (χ4v) is 2.69. The van der Waals surface area contributed by atoms with Gasteiger partial charge in [-0.05, 0) is 38.8 Å². The van der Waals surface area contributed by atoms with Crippen LogP contribution in [0.1, 0.15) is 46.0 Å². The zero-order chi connectivity index (χ0) is 11.3. The molecule has 3 nitrogen and oxygen atoms in total. The van der Waals surface area contributed by atoms with Crippen LogP contribution in [0.2, 0.25) is 0 Å². The number of rotatable bonds is 4. The highest BCUT2D eigenvalue weighted by Crippen LogP contribution is 2.25. The number of carbonyl (C=O) groups is 1. The summed E-state index contributed by atoms with van der Waals surface area (Å²) < 4.78 is 0. The van der Waals surface area contributed by atoms with Gasteiger partial charge in [-0.25, -0.2) is 0 Å². The maximum absolute atomic E-state index is 11.2. The van der Waals surface area contributed by atoms with Crippen molar-refractivity contribution in [1.29, 1.82) is 0 Å². The van der Waals surface area contributed by atoms with Gasteiger partial charge in [0.15, 0.2) is 0 Å². The van der Waals surface area contributed by atoms with Crippen LogP contribution in [0.4, 0.5) is 0 Å². The molecule has 1 rings (SSSR count). The van der Waals surface area contributed by atoms with E-state index in [1.54, 1.807) is 0 Å². The summed E-state index contributed by atoms with van der Waals surface area (Å²) in [4.78, 5) is 13.6. The molecule has 3 heteroatoms. The number of carboxylic acid groups (broad SMARTS) is 1. The first-order valence-corrected chi connectivity index (χ1v) is 6.17. The summed E-state index contributed by atoms with van der Waals surface area (Å²) in [5.41, 5.74) is 0. The third-order valence-electron chi connectivity index (χ3n) is 3.39. The van der Waals surface area contributed by atoms with E-state index in [0.717, 1.165) is 45.2 Å².